The number of methoxy groups -OCH3 is 2. The molecule has 0 amide bonds. The Labute approximate surface area is 133 Å². The molecule has 1 aromatic heterocycles. The zero-order valence-corrected chi connectivity index (χ0v) is 14.6. The van der Waals surface area contributed by atoms with Gasteiger partial charge in [0.2, 0.25) is 0 Å². The van der Waals surface area contributed by atoms with Crippen LogP contribution in [0.2, 0.25) is 0 Å². The molecular weight excluding hydrogens is 280 g/mol. The molecule has 1 N–H and O–H groups in total. The molecule has 0 radical (unpaired) electrons. The van der Waals surface area contributed by atoms with E-state index in [-0.39, 0.29) is 11.0 Å². The van der Waals surface area contributed by atoms with Gasteiger partial charge in [-0.15, -0.1) is 0 Å². The summed E-state index contributed by atoms with van der Waals surface area (Å²) in [6.07, 6.45) is 0.833. The summed E-state index contributed by atoms with van der Waals surface area (Å²) in [5, 5.41) is 3.23. The number of hydrogen-bond acceptors (Lipinski definition) is 4. The summed E-state index contributed by atoms with van der Waals surface area (Å²) >= 11 is 0. The van der Waals surface area contributed by atoms with Gasteiger partial charge in [0.1, 0.15) is 0 Å². The lowest BCUT2D eigenvalue weighted by atomic mass is 9.90. The van der Waals surface area contributed by atoms with Gasteiger partial charge < -0.3 is 19.4 Å². The maximum atomic E-state index is 12.7. The standard InChI is InChI=1S/C17H30N2O3/c1-17(2,3)15-8-7-14(13-18-9-12-22-5)16(20)19(15)10-6-11-21-4/h7-8,18H,6,9-13H2,1-5H3. The zero-order chi connectivity index (χ0) is 16.6. The third-order valence-corrected chi connectivity index (χ3v) is 3.55. The molecule has 0 saturated carbocycles. The van der Waals surface area contributed by atoms with Gasteiger partial charge in [0.25, 0.3) is 5.56 Å². The molecule has 1 aromatic rings. The summed E-state index contributed by atoms with van der Waals surface area (Å²) in [5.74, 6) is 0. The van der Waals surface area contributed by atoms with Crippen LogP contribution in [0.4, 0.5) is 0 Å². The molecule has 0 atom stereocenters. The van der Waals surface area contributed by atoms with Gasteiger partial charge in [-0.05, 0) is 12.5 Å². The van der Waals surface area contributed by atoms with Gasteiger partial charge in [-0.3, -0.25) is 4.79 Å². The Hall–Kier alpha value is -1.17. The van der Waals surface area contributed by atoms with Crippen LogP contribution in [0.25, 0.3) is 0 Å². The maximum absolute atomic E-state index is 12.7. The molecule has 0 aliphatic heterocycles. The summed E-state index contributed by atoms with van der Waals surface area (Å²) in [4.78, 5) is 12.7. The number of hydrogen-bond donors (Lipinski definition) is 1. The minimum Gasteiger partial charge on any atom is -0.385 e. The van der Waals surface area contributed by atoms with E-state index in [1.54, 1.807) is 14.2 Å². The van der Waals surface area contributed by atoms with Crippen molar-refractivity contribution < 1.29 is 9.47 Å². The summed E-state index contributed by atoms with van der Waals surface area (Å²) in [7, 11) is 3.35. The first-order valence-electron chi connectivity index (χ1n) is 7.83. The van der Waals surface area contributed by atoms with Crippen LogP contribution in [-0.2, 0) is 28.0 Å². The van der Waals surface area contributed by atoms with Crippen molar-refractivity contribution in [1.82, 2.24) is 9.88 Å². The van der Waals surface area contributed by atoms with E-state index in [1.165, 1.54) is 0 Å². The van der Waals surface area contributed by atoms with Gasteiger partial charge in [-0.2, -0.15) is 0 Å². The Kier molecular flexibility index (Phi) is 7.79. The first-order chi connectivity index (χ1) is 10.4. The first-order valence-corrected chi connectivity index (χ1v) is 7.83. The highest BCUT2D eigenvalue weighted by atomic mass is 16.5. The second-order valence-electron chi connectivity index (χ2n) is 6.47. The van der Waals surface area contributed by atoms with Crippen LogP contribution in [0, 0.1) is 0 Å². The fraction of sp³-hybridized carbons (Fsp3) is 0.706. The molecule has 0 unspecified atom stereocenters. The lowest BCUT2D eigenvalue weighted by Crippen LogP contribution is -2.34. The third-order valence-electron chi connectivity index (χ3n) is 3.55. The molecule has 0 bridgehead atoms. The van der Waals surface area contributed by atoms with Gasteiger partial charge >= 0.3 is 0 Å². The monoisotopic (exact) mass is 310 g/mol. The Morgan fingerprint density at radius 2 is 1.82 bits per heavy atom. The molecule has 0 aliphatic rings. The predicted molar refractivity (Wildman–Crippen MR) is 89.5 cm³/mol. The van der Waals surface area contributed by atoms with E-state index >= 15 is 0 Å². The van der Waals surface area contributed by atoms with Gasteiger partial charge in [-0.1, -0.05) is 26.8 Å². The molecule has 0 aliphatic carbocycles. The highest BCUT2D eigenvalue weighted by Crippen LogP contribution is 2.21. The Bertz CT molecular complexity index is 504. The zero-order valence-electron chi connectivity index (χ0n) is 14.6. The third kappa shape index (κ3) is 5.55. The van der Waals surface area contributed by atoms with Gasteiger partial charge in [0, 0.05) is 57.1 Å². The maximum Gasteiger partial charge on any atom is 0.255 e. The highest BCUT2D eigenvalue weighted by molar-refractivity contribution is 5.21. The van der Waals surface area contributed by atoms with Gasteiger partial charge in [0.15, 0.2) is 0 Å². The lowest BCUT2D eigenvalue weighted by molar-refractivity contribution is 0.189. The average molecular weight is 310 g/mol. The molecule has 5 nitrogen and oxygen atoms in total. The van der Waals surface area contributed by atoms with E-state index in [4.69, 9.17) is 9.47 Å². The molecule has 1 rings (SSSR count). The second-order valence-corrected chi connectivity index (χ2v) is 6.47. The topological polar surface area (TPSA) is 52.5 Å². The largest absolute Gasteiger partial charge is 0.385 e. The van der Waals surface area contributed by atoms with Crippen molar-refractivity contribution >= 4 is 0 Å². The Balaban J connectivity index is 2.97. The molecule has 126 valence electrons. The van der Waals surface area contributed by atoms with Crippen molar-refractivity contribution in [3.63, 3.8) is 0 Å². The summed E-state index contributed by atoms with van der Waals surface area (Å²) in [6.45, 7) is 9.68. The van der Waals surface area contributed by atoms with E-state index in [9.17, 15) is 4.79 Å². The first kappa shape index (κ1) is 18.9. The molecule has 0 saturated heterocycles. The molecule has 0 fully saturated rings. The quantitative estimate of drug-likeness (QED) is 0.708. The van der Waals surface area contributed by atoms with Gasteiger partial charge in [0.05, 0.1) is 6.61 Å². The molecule has 0 spiro atoms. The molecule has 5 heteroatoms. The average Bonchev–Trinajstić information content (AvgIpc) is 2.45. The number of aromatic nitrogens is 1. The molecule has 1 heterocycles. The van der Waals surface area contributed by atoms with Crippen LogP contribution < -0.4 is 10.9 Å². The van der Waals surface area contributed by atoms with E-state index in [2.05, 4.69) is 32.2 Å². The van der Waals surface area contributed by atoms with Crippen molar-refractivity contribution in [2.75, 3.05) is 34.0 Å². The minimum atomic E-state index is -0.0613. The number of nitrogens with one attached hydrogen (secondary N) is 1. The van der Waals surface area contributed by atoms with Crippen LogP contribution in [0.5, 0.6) is 0 Å². The molecular formula is C17H30N2O3. The number of ether oxygens (including phenoxy) is 2. The summed E-state index contributed by atoms with van der Waals surface area (Å²) in [6, 6.07) is 4.01. The highest BCUT2D eigenvalue weighted by Gasteiger charge is 2.19. The minimum absolute atomic E-state index is 0.0613. The van der Waals surface area contributed by atoms with Crippen LogP contribution in [-0.4, -0.2) is 38.5 Å². The normalized spacial score (nSPS) is 11.9. The SMILES string of the molecule is COCCCn1c(C(C)(C)C)ccc(CNCCOC)c1=O. The van der Waals surface area contributed by atoms with Crippen molar-refractivity contribution in [3.05, 3.63) is 33.7 Å². The Morgan fingerprint density at radius 3 is 2.41 bits per heavy atom. The van der Waals surface area contributed by atoms with Crippen LogP contribution in [0.3, 0.4) is 0 Å². The second kappa shape index (κ2) is 9.08. The van der Waals surface area contributed by atoms with Gasteiger partial charge in [-0.25, -0.2) is 0 Å². The van der Waals surface area contributed by atoms with E-state index in [0.717, 1.165) is 24.2 Å². The van der Waals surface area contributed by atoms with E-state index in [0.29, 0.717) is 26.3 Å². The fourth-order valence-corrected chi connectivity index (χ4v) is 2.40. The molecule has 22 heavy (non-hydrogen) atoms. The van der Waals surface area contributed by atoms with Crippen molar-refractivity contribution in [3.8, 4) is 0 Å². The van der Waals surface area contributed by atoms with Crippen LogP contribution in [0.1, 0.15) is 38.4 Å². The predicted octanol–water partition coefficient (Wildman–Crippen LogP) is 1.92. The van der Waals surface area contributed by atoms with E-state index in [1.807, 2.05) is 10.6 Å². The number of nitrogens with zero attached hydrogens (tertiary/aromatic N) is 1. The Morgan fingerprint density at radius 1 is 1.14 bits per heavy atom. The van der Waals surface area contributed by atoms with Crippen LogP contribution in [0.15, 0.2) is 16.9 Å². The number of pyridine rings is 1. The number of rotatable bonds is 9. The van der Waals surface area contributed by atoms with Crippen molar-refractivity contribution in [1.29, 1.82) is 0 Å². The summed E-state index contributed by atoms with van der Waals surface area (Å²) in [5.41, 5.74) is 1.89. The van der Waals surface area contributed by atoms with E-state index < -0.39 is 0 Å². The van der Waals surface area contributed by atoms with Crippen molar-refractivity contribution in [2.24, 2.45) is 0 Å². The van der Waals surface area contributed by atoms with Crippen molar-refractivity contribution in [2.45, 2.75) is 45.7 Å². The van der Waals surface area contributed by atoms with Crippen LogP contribution >= 0.6 is 0 Å². The molecule has 0 aromatic carbocycles. The summed E-state index contributed by atoms with van der Waals surface area (Å²) < 4.78 is 12.0. The lowest BCUT2D eigenvalue weighted by Gasteiger charge is -2.25. The fourth-order valence-electron chi connectivity index (χ4n) is 2.40. The smallest absolute Gasteiger partial charge is 0.255 e.